The molecule has 2 aromatic carbocycles. The van der Waals surface area contributed by atoms with E-state index in [4.69, 9.17) is 14.6 Å². The molecule has 190 valence electrons. The van der Waals surface area contributed by atoms with E-state index in [1.807, 2.05) is 28.9 Å². The van der Waals surface area contributed by atoms with E-state index in [0.29, 0.717) is 17.1 Å². The van der Waals surface area contributed by atoms with Gasteiger partial charge in [-0.1, -0.05) is 18.7 Å². The lowest BCUT2D eigenvalue weighted by atomic mass is 9.98. The number of allylic oxidation sites excluding steroid dienone is 3. The Morgan fingerprint density at radius 1 is 1.03 bits per heavy atom. The second kappa shape index (κ2) is 10.4. The van der Waals surface area contributed by atoms with Crippen LogP contribution in [0.3, 0.4) is 0 Å². The first-order valence-corrected chi connectivity index (χ1v) is 12.5. The van der Waals surface area contributed by atoms with Gasteiger partial charge < -0.3 is 19.5 Å². The number of aromatic nitrogens is 2. The van der Waals surface area contributed by atoms with Crippen LogP contribution in [0, 0.1) is 0 Å². The van der Waals surface area contributed by atoms with Crippen molar-refractivity contribution >= 4 is 23.1 Å². The highest BCUT2D eigenvalue weighted by molar-refractivity contribution is 5.89. The van der Waals surface area contributed by atoms with Crippen molar-refractivity contribution in [1.29, 1.82) is 0 Å². The van der Waals surface area contributed by atoms with E-state index in [1.54, 1.807) is 26.4 Å². The predicted octanol–water partition coefficient (Wildman–Crippen LogP) is 5.80. The third-order valence-electron chi connectivity index (χ3n) is 6.95. The predicted molar refractivity (Wildman–Crippen MR) is 145 cm³/mol. The van der Waals surface area contributed by atoms with Crippen LogP contribution in [0.15, 0.2) is 67.3 Å². The lowest BCUT2D eigenvalue weighted by Gasteiger charge is -2.32. The van der Waals surface area contributed by atoms with Gasteiger partial charge in [0.2, 0.25) is 0 Å². The number of hydrogen-bond donors (Lipinski definition) is 1. The second-order valence-corrected chi connectivity index (χ2v) is 9.23. The highest BCUT2D eigenvalue weighted by Gasteiger charge is 2.24. The van der Waals surface area contributed by atoms with Crippen molar-refractivity contribution in [3.63, 3.8) is 0 Å². The monoisotopic (exact) mass is 497 g/mol. The molecule has 0 bridgehead atoms. The van der Waals surface area contributed by atoms with Gasteiger partial charge in [0.15, 0.2) is 11.5 Å². The van der Waals surface area contributed by atoms with Gasteiger partial charge in [-0.05, 0) is 86.2 Å². The summed E-state index contributed by atoms with van der Waals surface area (Å²) in [6, 6.07) is 13.3. The summed E-state index contributed by atoms with van der Waals surface area (Å²) in [4.78, 5) is 13.6. The first-order valence-electron chi connectivity index (χ1n) is 12.5. The van der Waals surface area contributed by atoms with Gasteiger partial charge in [-0.25, -0.2) is 9.48 Å². The highest BCUT2D eigenvalue weighted by atomic mass is 16.5. The Bertz CT molecular complexity index is 1420. The van der Waals surface area contributed by atoms with Crippen LogP contribution < -0.4 is 14.4 Å². The molecule has 0 amide bonds. The van der Waals surface area contributed by atoms with Crippen LogP contribution in [0.5, 0.6) is 11.5 Å². The fourth-order valence-corrected chi connectivity index (χ4v) is 5.04. The summed E-state index contributed by atoms with van der Waals surface area (Å²) in [6.07, 6.45) is 11.0. The van der Waals surface area contributed by atoms with Crippen molar-refractivity contribution in [2.75, 3.05) is 25.7 Å². The zero-order chi connectivity index (χ0) is 25.9. The Morgan fingerprint density at radius 2 is 1.86 bits per heavy atom. The number of aryl methyl sites for hydroxylation is 2. The van der Waals surface area contributed by atoms with Crippen molar-refractivity contribution < 1.29 is 19.4 Å². The Labute approximate surface area is 216 Å². The standard InChI is InChI=1S/C30H31N3O4/c1-20(32-16-8-9-21-17-23(30(34)35)12-14-26(21)32)25-19-24-10-6-4-5-7-11-27(33(24)31-25)22-13-15-28(36-2)29(18-22)37-3/h5,7,11-15,17-19H,1,4,6,8-10,16H2,2-3H3,(H,34,35)/b7-5-,27-11-. The molecule has 5 rings (SSSR count). The van der Waals surface area contributed by atoms with Crippen molar-refractivity contribution in [3.8, 4) is 11.5 Å². The summed E-state index contributed by atoms with van der Waals surface area (Å²) in [5, 5.41) is 14.5. The zero-order valence-corrected chi connectivity index (χ0v) is 21.2. The van der Waals surface area contributed by atoms with E-state index < -0.39 is 5.97 Å². The van der Waals surface area contributed by atoms with E-state index >= 15 is 0 Å². The third-order valence-corrected chi connectivity index (χ3v) is 6.95. The lowest BCUT2D eigenvalue weighted by molar-refractivity contribution is 0.0696. The Morgan fingerprint density at radius 3 is 2.65 bits per heavy atom. The van der Waals surface area contributed by atoms with Crippen molar-refractivity contribution in [3.05, 3.63) is 95.3 Å². The molecule has 0 atom stereocenters. The van der Waals surface area contributed by atoms with E-state index in [-0.39, 0.29) is 0 Å². The number of benzene rings is 2. The summed E-state index contributed by atoms with van der Waals surface area (Å²) in [7, 11) is 3.26. The second-order valence-electron chi connectivity index (χ2n) is 9.23. The molecular formula is C30H31N3O4. The number of ether oxygens (including phenoxy) is 2. The summed E-state index contributed by atoms with van der Waals surface area (Å²) in [5.41, 5.74) is 6.97. The van der Waals surface area contributed by atoms with Crippen LogP contribution >= 0.6 is 0 Å². The average molecular weight is 498 g/mol. The van der Waals surface area contributed by atoms with Gasteiger partial charge in [-0.3, -0.25) is 0 Å². The highest BCUT2D eigenvalue weighted by Crippen LogP contribution is 2.35. The van der Waals surface area contributed by atoms with Gasteiger partial charge in [0.1, 0.15) is 5.69 Å². The molecule has 7 heteroatoms. The van der Waals surface area contributed by atoms with E-state index in [2.05, 4.69) is 35.8 Å². The number of rotatable bonds is 6. The number of carboxylic acids is 1. The SMILES string of the molecule is C=C(c1cc2n(n1)/C(c1ccc(OC)c(OC)c1)=C\C=C/CCC2)N1CCCc2cc(C(=O)O)ccc21. The lowest BCUT2D eigenvalue weighted by Crippen LogP contribution is -2.28. The first kappa shape index (κ1) is 24.4. The molecule has 1 N–H and O–H groups in total. The van der Waals surface area contributed by atoms with E-state index in [0.717, 1.165) is 78.2 Å². The molecule has 0 aliphatic carbocycles. The summed E-state index contributed by atoms with van der Waals surface area (Å²) < 4.78 is 13.0. The van der Waals surface area contributed by atoms with Gasteiger partial charge in [0.25, 0.3) is 0 Å². The minimum atomic E-state index is -0.910. The summed E-state index contributed by atoms with van der Waals surface area (Å²) in [6.45, 7) is 5.23. The van der Waals surface area contributed by atoms with Crippen LogP contribution in [-0.2, 0) is 12.8 Å². The number of carbonyl (C=O) groups is 1. The van der Waals surface area contributed by atoms with Crippen LogP contribution in [0.2, 0.25) is 0 Å². The molecule has 7 nitrogen and oxygen atoms in total. The van der Waals surface area contributed by atoms with Crippen LogP contribution in [0.4, 0.5) is 5.69 Å². The molecule has 0 fully saturated rings. The topological polar surface area (TPSA) is 76.8 Å². The minimum Gasteiger partial charge on any atom is -0.493 e. The molecule has 0 spiro atoms. The maximum absolute atomic E-state index is 11.5. The molecule has 0 saturated carbocycles. The van der Waals surface area contributed by atoms with E-state index in [1.165, 1.54) is 0 Å². The third kappa shape index (κ3) is 4.77. The number of nitrogens with zero attached hydrogens (tertiary/aromatic N) is 3. The molecule has 0 saturated heterocycles. The van der Waals surface area contributed by atoms with Gasteiger partial charge in [-0.2, -0.15) is 5.10 Å². The molecule has 2 aliphatic rings. The number of aromatic carboxylic acids is 1. The normalized spacial score (nSPS) is 17.2. The number of anilines is 1. The van der Waals surface area contributed by atoms with Gasteiger partial charge in [0, 0.05) is 23.5 Å². The van der Waals surface area contributed by atoms with E-state index in [9.17, 15) is 9.90 Å². The molecule has 3 heterocycles. The minimum absolute atomic E-state index is 0.310. The molecule has 1 aromatic heterocycles. The van der Waals surface area contributed by atoms with Crippen LogP contribution in [-0.4, -0.2) is 41.6 Å². The Kier molecular flexibility index (Phi) is 6.86. The molecule has 0 radical (unpaired) electrons. The Balaban J connectivity index is 1.54. The van der Waals surface area contributed by atoms with Crippen molar-refractivity contribution in [2.24, 2.45) is 0 Å². The number of methoxy groups -OCH3 is 2. The molecule has 2 aliphatic heterocycles. The molecule has 0 unspecified atom stereocenters. The maximum atomic E-state index is 11.5. The number of carboxylic acid groups (broad SMARTS) is 1. The molecule has 37 heavy (non-hydrogen) atoms. The quantitative estimate of drug-likeness (QED) is 0.464. The Hall–Kier alpha value is -4.26. The van der Waals surface area contributed by atoms with Crippen LogP contribution in [0.1, 0.15) is 52.1 Å². The summed E-state index contributed by atoms with van der Waals surface area (Å²) >= 11 is 0. The number of fused-ring (bicyclic) bond motifs is 2. The van der Waals surface area contributed by atoms with Crippen LogP contribution in [0.25, 0.3) is 11.4 Å². The van der Waals surface area contributed by atoms with Crippen molar-refractivity contribution in [2.45, 2.75) is 32.1 Å². The fraction of sp³-hybridized carbons (Fsp3) is 0.267. The summed E-state index contributed by atoms with van der Waals surface area (Å²) in [5.74, 6) is 0.427. The van der Waals surface area contributed by atoms with Gasteiger partial charge in [-0.15, -0.1) is 0 Å². The zero-order valence-electron chi connectivity index (χ0n) is 21.2. The van der Waals surface area contributed by atoms with Gasteiger partial charge in [0.05, 0.1) is 31.2 Å². The molecular weight excluding hydrogens is 466 g/mol. The van der Waals surface area contributed by atoms with Crippen molar-refractivity contribution in [1.82, 2.24) is 9.78 Å². The smallest absolute Gasteiger partial charge is 0.335 e. The first-order chi connectivity index (χ1) is 18.0. The number of hydrogen-bond acceptors (Lipinski definition) is 5. The van der Waals surface area contributed by atoms with Gasteiger partial charge >= 0.3 is 5.97 Å². The largest absolute Gasteiger partial charge is 0.493 e. The fourth-order valence-electron chi connectivity index (χ4n) is 5.04. The average Bonchev–Trinajstić information content (AvgIpc) is 3.37. The molecule has 3 aromatic rings. The maximum Gasteiger partial charge on any atom is 0.335 e.